The summed E-state index contributed by atoms with van der Waals surface area (Å²) in [5.74, 6) is 0. The maximum atomic E-state index is 12.2. The molecule has 1 saturated heterocycles. The van der Waals surface area contributed by atoms with E-state index in [1.165, 1.54) is 0 Å². The Morgan fingerprint density at radius 3 is 2.92 bits per heavy atom. The average molecular weight is 174 g/mol. The lowest BCUT2D eigenvalue weighted by atomic mass is 9.94. The van der Waals surface area contributed by atoms with Crippen LogP contribution in [0.2, 0.25) is 0 Å². The highest BCUT2D eigenvalue weighted by Gasteiger charge is 2.31. The topological polar surface area (TPSA) is 15.3 Å². The van der Waals surface area contributed by atoms with Crippen LogP contribution in [0.4, 0.5) is 4.39 Å². The highest BCUT2D eigenvalue weighted by molar-refractivity contribution is 4.90. The Morgan fingerprint density at radius 1 is 1.58 bits per heavy atom. The van der Waals surface area contributed by atoms with Gasteiger partial charge in [0.05, 0.1) is 0 Å². The summed E-state index contributed by atoms with van der Waals surface area (Å²) in [4.78, 5) is 2.25. The zero-order valence-corrected chi connectivity index (χ0v) is 8.07. The third-order valence-electron chi connectivity index (χ3n) is 2.94. The molecule has 0 aromatic carbocycles. The van der Waals surface area contributed by atoms with Gasteiger partial charge in [0.1, 0.15) is 6.67 Å². The summed E-state index contributed by atoms with van der Waals surface area (Å²) in [5, 5.41) is 3.35. The first-order valence-electron chi connectivity index (χ1n) is 4.74. The lowest BCUT2D eigenvalue weighted by Crippen LogP contribution is -2.59. The van der Waals surface area contributed by atoms with E-state index in [0.29, 0.717) is 6.54 Å². The minimum Gasteiger partial charge on any atom is -0.314 e. The van der Waals surface area contributed by atoms with E-state index >= 15 is 0 Å². The second kappa shape index (κ2) is 4.19. The van der Waals surface area contributed by atoms with E-state index in [2.05, 4.69) is 24.1 Å². The number of halogens is 1. The molecule has 0 spiro atoms. The molecule has 72 valence electrons. The second-order valence-electron chi connectivity index (χ2n) is 3.70. The van der Waals surface area contributed by atoms with Gasteiger partial charge in [-0.3, -0.25) is 4.90 Å². The SMILES string of the molecule is CCC1(C)CNCCN1CCF. The molecule has 1 unspecified atom stereocenters. The molecule has 12 heavy (non-hydrogen) atoms. The van der Waals surface area contributed by atoms with Crippen molar-refractivity contribution < 1.29 is 4.39 Å². The van der Waals surface area contributed by atoms with E-state index in [1.54, 1.807) is 0 Å². The van der Waals surface area contributed by atoms with Crippen LogP contribution in [-0.2, 0) is 0 Å². The number of hydrogen-bond acceptors (Lipinski definition) is 2. The van der Waals surface area contributed by atoms with Crippen LogP contribution in [0.1, 0.15) is 20.3 Å². The molecule has 1 N–H and O–H groups in total. The zero-order chi connectivity index (χ0) is 9.03. The number of nitrogens with one attached hydrogen (secondary N) is 1. The fraction of sp³-hybridized carbons (Fsp3) is 1.00. The van der Waals surface area contributed by atoms with Crippen LogP contribution in [0.3, 0.4) is 0 Å². The van der Waals surface area contributed by atoms with Gasteiger partial charge in [-0.1, -0.05) is 6.92 Å². The molecule has 0 aromatic rings. The van der Waals surface area contributed by atoms with Gasteiger partial charge in [0.15, 0.2) is 0 Å². The van der Waals surface area contributed by atoms with Crippen LogP contribution < -0.4 is 5.32 Å². The molecule has 0 aromatic heterocycles. The standard InChI is InChI=1S/C9H19FN2/c1-3-9(2)8-11-5-7-12(9)6-4-10/h11H,3-8H2,1-2H3. The van der Waals surface area contributed by atoms with Crippen molar-refractivity contribution in [1.29, 1.82) is 0 Å². The minimum atomic E-state index is -0.227. The average Bonchev–Trinajstić information content (AvgIpc) is 2.10. The first-order chi connectivity index (χ1) is 5.73. The van der Waals surface area contributed by atoms with Gasteiger partial charge >= 0.3 is 0 Å². The minimum absolute atomic E-state index is 0.171. The van der Waals surface area contributed by atoms with Crippen LogP contribution in [0.5, 0.6) is 0 Å². The van der Waals surface area contributed by atoms with Gasteiger partial charge < -0.3 is 5.32 Å². The van der Waals surface area contributed by atoms with Gasteiger partial charge in [0.2, 0.25) is 0 Å². The molecule has 2 nitrogen and oxygen atoms in total. The Bertz CT molecular complexity index is 138. The number of alkyl halides is 1. The largest absolute Gasteiger partial charge is 0.314 e. The first kappa shape index (κ1) is 9.93. The van der Waals surface area contributed by atoms with Crippen LogP contribution in [0.25, 0.3) is 0 Å². The van der Waals surface area contributed by atoms with E-state index in [4.69, 9.17) is 0 Å². The van der Waals surface area contributed by atoms with Gasteiger partial charge in [0, 0.05) is 31.7 Å². The molecule has 3 heteroatoms. The predicted molar refractivity (Wildman–Crippen MR) is 49.1 cm³/mol. The van der Waals surface area contributed by atoms with Crippen LogP contribution >= 0.6 is 0 Å². The summed E-state index contributed by atoms with van der Waals surface area (Å²) in [6.45, 7) is 7.70. The third-order valence-corrected chi connectivity index (χ3v) is 2.94. The van der Waals surface area contributed by atoms with Crippen LogP contribution in [0, 0.1) is 0 Å². The molecule has 1 rings (SSSR count). The highest BCUT2D eigenvalue weighted by Crippen LogP contribution is 2.20. The molecule has 1 atom stereocenters. The van der Waals surface area contributed by atoms with Crippen molar-refractivity contribution in [3.63, 3.8) is 0 Å². The number of nitrogens with zero attached hydrogens (tertiary/aromatic N) is 1. The first-order valence-corrected chi connectivity index (χ1v) is 4.74. The van der Waals surface area contributed by atoms with Crippen molar-refractivity contribution in [1.82, 2.24) is 10.2 Å². The van der Waals surface area contributed by atoms with Crippen molar-refractivity contribution in [2.45, 2.75) is 25.8 Å². The molecule has 0 amide bonds. The van der Waals surface area contributed by atoms with Crippen LogP contribution in [0.15, 0.2) is 0 Å². The molecular weight excluding hydrogens is 155 g/mol. The van der Waals surface area contributed by atoms with Gasteiger partial charge in [-0.25, -0.2) is 4.39 Å². The molecule has 1 aliphatic rings. The van der Waals surface area contributed by atoms with E-state index in [9.17, 15) is 4.39 Å². The third kappa shape index (κ3) is 1.96. The van der Waals surface area contributed by atoms with Crippen LogP contribution in [-0.4, -0.2) is 43.3 Å². The smallest absolute Gasteiger partial charge is 0.102 e. The molecule has 1 aliphatic heterocycles. The summed E-state index contributed by atoms with van der Waals surface area (Å²) in [6.07, 6.45) is 1.08. The summed E-state index contributed by atoms with van der Waals surface area (Å²) >= 11 is 0. The van der Waals surface area contributed by atoms with Crippen molar-refractivity contribution in [2.24, 2.45) is 0 Å². The van der Waals surface area contributed by atoms with E-state index in [-0.39, 0.29) is 12.2 Å². The highest BCUT2D eigenvalue weighted by atomic mass is 19.1. The zero-order valence-electron chi connectivity index (χ0n) is 8.07. The number of hydrogen-bond donors (Lipinski definition) is 1. The van der Waals surface area contributed by atoms with Crippen molar-refractivity contribution in [3.8, 4) is 0 Å². The lowest BCUT2D eigenvalue weighted by molar-refractivity contribution is 0.0653. The van der Waals surface area contributed by atoms with Crippen molar-refractivity contribution in [2.75, 3.05) is 32.9 Å². The van der Waals surface area contributed by atoms with Gasteiger partial charge in [-0.15, -0.1) is 0 Å². The summed E-state index contributed by atoms with van der Waals surface area (Å²) in [6, 6.07) is 0. The Morgan fingerprint density at radius 2 is 2.33 bits per heavy atom. The second-order valence-corrected chi connectivity index (χ2v) is 3.70. The Labute approximate surface area is 74.1 Å². The molecule has 0 radical (unpaired) electrons. The Kier molecular flexibility index (Phi) is 3.47. The van der Waals surface area contributed by atoms with Crippen molar-refractivity contribution in [3.05, 3.63) is 0 Å². The quantitative estimate of drug-likeness (QED) is 0.687. The molecule has 1 heterocycles. The summed E-state index contributed by atoms with van der Waals surface area (Å²) in [7, 11) is 0. The fourth-order valence-corrected chi connectivity index (χ4v) is 1.79. The molecule has 0 bridgehead atoms. The molecule has 1 fully saturated rings. The lowest BCUT2D eigenvalue weighted by Gasteiger charge is -2.44. The fourth-order valence-electron chi connectivity index (χ4n) is 1.79. The maximum absolute atomic E-state index is 12.2. The van der Waals surface area contributed by atoms with Gasteiger partial charge in [-0.05, 0) is 13.3 Å². The van der Waals surface area contributed by atoms with Gasteiger partial charge in [-0.2, -0.15) is 0 Å². The summed E-state index contributed by atoms with van der Waals surface area (Å²) in [5.41, 5.74) is 0.171. The Balaban J connectivity index is 2.53. The predicted octanol–water partition coefficient (Wildman–Crippen LogP) is 1.03. The monoisotopic (exact) mass is 174 g/mol. The number of piperazine rings is 1. The maximum Gasteiger partial charge on any atom is 0.102 e. The Hall–Kier alpha value is -0.150. The normalized spacial score (nSPS) is 32.2. The van der Waals surface area contributed by atoms with Crippen molar-refractivity contribution >= 4 is 0 Å². The van der Waals surface area contributed by atoms with E-state index < -0.39 is 0 Å². The van der Waals surface area contributed by atoms with E-state index in [1.807, 2.05) is 0 Å². The number of rotatable bonds is 3. The molecule has 0 saturated carbocycles. The van der Waals surface area contributed by atoms with Gasteiger partial charge in [0.25, 0.3) is 0 Å². The molecular formula is C9H19FN2. The van der Waals surface area contributed by atoms with E-state index in [0.717, 1.165) is 26.1 Å². The molecule has 0 aliphatic carbocycles. The summed E-state index contributed by atoms with van der Waals surface area (Å²) < 4.78 is 12.2.